The van der Waals surface area contributed by atoms with Gasteiger partial charge in [-0.25, -0.2) is 4.59 Å². The highest BCUT2D eigenvalue weighted by atomic mass is 15.8. The Labute approximate surface area is 50.3 Å². The highest BCUT2D eigenvalue weighted by molar-refractivity contribution is 4.61. The van der Waals surface area contributed by atoms with Crippen molar-refractivity contribution in [2.45, 2.75) is 6.42 Å². The van der Waals surface area contributed by atoms with Crippen molar-refractivity contribution < 1.29 is 4.59 Å². The third-order valence-corrected chi connectivity index (χ3v) is 2.52. The molecule has 0 saturated carbocycles. The molecule has 2 heterocycles. The van der Waals surface area contributed by atoms with E-state index in [4.69, 9.17) is 0 Å². The van der Waals surface area contributed by atoms with Crippen LogP contribution in [0.4, 0.5) is 0 Å². The van der Waals surface area contributed by atoms with Crippen molar-refractivity contribution in [1.29, 1.82) is 0 Å². The van der Waals surface area contributed by atoms with Crippen LogP contribution in [0.15, 0.2) is 0 Å². The summed E-state index contributed by atoms with van der Waals surface area (Å²) in [5.74, 6) is 0. The van der Waals surface area contributed by atoms with Gasteiger partial charge in [0.2, 0.25) is 0 Å². The minimum absolute atomic E-state index is 1.32. The van der Waals surface area contributed by atoms with Crippen molar-refractivity contribution in [3.8, 4) is 0 Å². The van der Waals surface area contributed by atoms with E-state index in [1.54, 1.807) is 0 Å². The summed E-state index contributed by atoms with van der Waals surface area (Å²) in [6.45, 7) is 5.56. The first kappa shape index (κ1) is 4.77. The van der Waals surface area contributed by atoms with Crippen LogP contribution in [0.2, 0.25) is 0 Å². The molecule has 2 aliphatic rings. The molecule has 0 amide bonds. The first-order chi connectivity index (χ1) is 3.83. The fourth-order valence-corrected chi connectivity index (χ4v) is 1.66. The molecule has 2 rings (SSSR count). The van der Waals surface area contributed by atoms with Crippen molar-refractivity contribution in [2.75, 3.05) is 33.2 Å². The lowest BCUT2D eigenvalue weighted by atomic mass is 10.5. The summed E-state index contributed by atoms with van der Waals surface area (Å²) in [5.41, 5.74) is 0. The van der Waals surface area contributed by atoms with Crippen LogP contribution >= 0.6 is 0 Å². The fraction of sp³-hybridized carbons (Fsp3) is 1.00. The van der Waals surface area contributed by atoms with Crippen LogP contribution in [0.3, 0.4) is 0 Å². The van der Waals surface area contributed by atoms with Crippen LogP contribution in [-0.4, -0.2) is 42.8 Å². The Morgan fingerprint density at radius 2 is 2.00 bits per heavy atom. The molecule has 0 atom stereocenters. The summed E-state index contributed by atoms with van der Waals surface area (Å²) >= 11 is 0. The molecule has 0 aromatic carbocycles. The second kappa shape index (κ2) is 1.25. The van der Waals surface area contributed by atoms with E-state index >= 15 is 0 Å². The van der Waals surface area contributed by atoms with E-state index in [9.17, 15) is 0 Å². The average Bonchev–Trinajstić information content (AvgIpc) is 2.39. The summed E-state index contributed by atoms with van der Waals surface area (Å²) in [6.07, 6.45) is 1.41. The number of hydrogen-bond donors (Lipinski definition) is 0. The van der Waals surface area contributed by atoms with Gasteiger partial charge in [-0.15, -0.1) is 0 Å². The summed E-state index contributed by atoms with van der Waals surface area (Å²) in [6, 6.07) is 0. The minimum atomic E-state index is 1.32. The average molecular weight is 113 g/mol. The Bertz CT molecular complexity index is 107. The van der Waals surface area contributed by atoms with Crippen LogP contribution in [-0.2, 0) is 0 Å². The molecule has 0 radical (unpaired) electrons. The smallest absolute Gasteiger partial charge is 0.148 e. The standard InChI is InChI=1S/C6H13N2/c1-7-3-2-4-8(7)5-6-8/h2-6H2,1H3/q+1. The lowest BCUT2D eigenvalue weighted by Gasteiger charge is -2.17. The molecule has 0 N–H and O–H groups in total. The summed E-state index contributed by atoms with van der Waals surface area (Å²) in [5, 5.41) is 2.47. The van der Waals surface area contributed by atoms with E-state index in [2.05, 4.69) is 12.1 Å². The van der Waals surface area contributed by atoms with Crippen molar-refractivity contribution in [1.82, 2.24) is 5.01 Å². The van der Waals surface area contributed by atoms with Gasteiger partial charge in [0, 0.05) is 13.5 Å². The van der Waals surface area contributed by atoms with E-state index < -0.39 is 0 Å². The van der Waals surface area contributed by atoms with Gasteiger partial charge in [-0.3, -0.25) is 0 Å². The second-order valence-corrected chi connectivity index (χ2v) is 3.00. The molecule has 46 valence electrons. The van der Waals surface area contributed by atoms with Crippen LogP contribution < -0.4 is 0 Å². The SMILES string of the molecule is CN1CCC[N+]12CC2. The molecule has 0 unspecified atom stereocenters. The second-order valence-electron chi connectivity index (χ2n) is 3.00. The quantitative estimate of drug-likeness (QED) is 0.317. The van der Waals surface area contributed by atoms with E-state index in [0.717, 1.165) is 0 Å². The fourth-order valence-electron chi connectivity index (χ4n) is 1.66. The number of quaternary nitrogens is 1. The number of rotatable bonds is 0. The molecule has 0 aliphatic carbocycles. The number of nitrogens with zero attached hydrogens (tertiary/aromatic N) is 2. The van der Waals surface area contributed by atoms with Crippen molar-refractivity contribution in [2.24, 2.45) is 0 Å². The van der Waals surface area contributed by atoms with Gasteiger partial charge in [-0.05, 0) is 0 Å². The maximum absolute atomic E-state index is 2.47. The molecule has 1 spiro atoms. The van der Waals surface area contributed by atoms with Gasteiger partial charge in [0.25, 0.3) is 0 Å². The predicted octanol–water partition coefficient (Wildman–Crippen LogP) is 0.0673. The molecule has 2 saturated heterocycles. The van der Waals surface area contributed by atoms with Gasteiger partial charge >= 0.3 is 0 Å². The summed E-state index contributed by atoms with van der Waals surface area (Å²) < 4.78 is 1.32. The zero-order valence-corrected chi connectivity index (χ0v) is 5.43. The van der Waals surface area contributed by atoms with Gasteiger partial charge < -0.3 is 0 Å². The monoisotopic (exact) mass is 113 g/mol. The molecule has 2 fully saturated rings. The highest BCUT2D eigenvalue weighted by Gasteiger charge is 2.49. The van der Waals surface area contributed by atoms with Crippen molar-refractivity contribution in [3.63, 3.8) is 0 Å². The van der Waals surface area contributed by atoms with E-state index in [-0.39, 0.29) is 0 Å². The van der Waals surface area contributed by atoms with E-state index in [1.807, 2.05) is 0 Å². The summed E-state index contributed by atoms with van der Waals surface area (Å²) in [7, 11) is 2.24. The Morgan fingerprint density at radius 1 is 1.25 bits per heavy atom. The normalized spacial score (nSPS) is 34.1. The van der Waals surface area contributed by atoms with Crippen LogP contribution in [0.25, 0.3) is 0 Å². The van der Waals surface area contributed by atoms with Crippen molar-refractivity contribution >= 4 is 0 Å². The van der Waals surface area contributed by atoms with Gasteiger partial charge in [0.15, 0.2) is 0 Å². The molecule has 0 bridgehead atoms. The highest BCUT2D eigenvalue weighted by Crippen LogP contribution is 2.29. The van der Waals surface area contributed by atoms with Crippen LogP contribution in [0.1, 0.15) is 6.42 Å². The number of hydrogen-bond acceptors (Lipinski definition) is 1. The molecular formula is C6H13N2+. The van der Waals surface area contributed by atoms with Gasteiger partial charge in [0.1, 0.15) is 13.1 Å². The third kappa shape index (κ3) is 0.446. The zero-order chi connectivity index (χ0) is 5.61. The van der Waals surface area contributed by atoms with Crippen LogP contribution in [0.5, 0.6) is 0 Å². The maximum atomic E-state index is 2.47. The molecular weight excluding hydrogens is 100 g/mol. The Hall–Kier alpha value is -0.0800. The topological polar surface area (TPSA) is 3.24 Å². The first-order valence-electron chi connectivity index (χ1n) is 3.41. The Morgan fingerprint density at radius 3 is 2.25 bits per heavy atom. The molecule has 0 aromatic rings. The Kier molecular flexibility index (Phi) is 0.746. The van der Waals surface area contributed by atoms with Gasteiger partial charge in [-0.1, -0.05) is 0 Å². The van der Waals surface area contributed by atoms with Gasteiger partial charge in [-0.2, -0.15) is 5.01 Å². The lowest BCUT2D eigenvalue weighted by molar-refractivity contribution is -0.904. The Balaban J connectivity index is 2.12. The molecule has 2 heteroatoms. The molecule has 2 nitrogen and oxygen atoms in total. The lowest BCUT2D eigenvalue weighted by Crippen LogP contribution is -2.35. The molecule has 0 aromatic heterocycles. The van der Waals surface area contributed by atoms with Crippen LogP contribution in [0, 0.1) is 0 Å². The van der Waals surface area contributed by atoms with Crippen molar-refractivity contribution in [3.05, 3.63) is 0 Å². The molecule has 2 aliphatic heterocycles. The van der Waals surface area contributed by atoms with E-state index in [0.29, 0.717) is 0 Å². The van der Waals surface area contributed by atoms with E-state index in [1.165, 1.54) is 37.2 Å². The first-order valence-corrected chi connectivity index (χ1v) is 3.41. The zero-order valence-electron chi connectivity index (χ0n) is 5.43. The maximum Gasteiger partial charge on any atom is 0.148 e. The summed E-state index contributed by atoms with van der Waals surface area (Å²) in [4.78, 5) is 0. The largest absolute Gasteiger partial charge is 0.234 e. The predicted molar refractivity (Wildman–Crippen MR) is 32.1 cm³/mol. The third-order valence-electron chi connectivity index (χ3n) is 2.52. The minimum Gasteiger partial charge on any atom is -0.234 e. The van der Waals surface area contributed by atoms with Gasteiger partial charge in [0.05, 0.1) is 13.1 Å². The molecule has 8 heavy (non-hydrogen) atoms.